The van der Waals surface area contributed by atoms with E-state index in [0.29, 0.717) is 24.6 Å². The standard InChI is InChI=1S/C23H29FN4O.HI/c1-16-10-11-18(13-21(16)24)15-27-23(25-2)26-14-17-6-5-9-20(12-17)28-22(29)19-7-3-4-8-19;/h5-6,9-13,19H,3-4,7-8,14-15H2,1-2H3,(H,28,29)(H2,25,26,27);1H. The average molecular weight is 524 g/mol. The van der Waals surface area contributed by atoms with Crippen molar-refractivity contribution < 1.29 is 9.18 Å². The first-order valence-electron chi connectivity index (χ1n) is 10.1. The van der Waals surface area contributed by atoms with E-state index in [2.05, 4.69) is 20.9 Å². The van der Waals surface area contributed by atoms with Crippen molar-refractivity contribution in [1.29, 1.82) is 0 Å². The third-order valence-electron chi connectivity index (χ3n) is 5.30. The molecule has 0 unspecified atom stereocenters. The molecule has 0 bridgehead atoms. The summed E-state index contributed by atoms with van der Waals surface area (Å²) < 4.78 is 13.7. The Morgan fingerprint density at radius 3 is 2.37 bits per heavy atom. The summed E-state index contributed by atoms with van der Waals surface area (Å²) in [5.41, 5.74) is 3.35. The van der Waals surface area contributed by atoms with E-state index in [1.165, 1.54) is 6.07 Å². The van der Waals surface area contributed by atoms with Crippen molar-refractivity contribution >= 4 is 41.5 Å². The molecule has 0 heterocycles. The Bertz CT molecular complexity index is 881. The molecule has 0 spiro atoms. The van der Waals surface area contributed by atoms with Crippen LogP contribution >= 0.6 is 24.0 Å². The summed E-state index contributed by atoms with van der Waals surface area (Å²) >= 11 is 0. The maximum absolute atomic E-state index is 13.7. The van der Waals surface area contributed by atoms with E-state index in [1.807, 2.05) is 30.3 Å². The van der Waals surface area contributed by atoms with Crippen LogP contribution in [-0.4, -0.2) is 18.9 Å². The van der Waals surface area contributed by atoms with Gasteiger partial charge in [0.2, 0.25) is 5.91 Å². The molecule has 0 radical (unpaired) electrons. The number of aryl methyl sites for hydroxylation is 1. The van der Waals surface area contributed by atoms with Crippen molar-refractivity contribution in [3.63, 3.8) is 0 Å². The molecule has 1 fully saturated rings. The van der Waals surface area contributed by atoms with Gasteiger partial charge in [-0.3, -0.25) is 9.79 Å². The zero-order valence-electron chi connectivity index (χ0n) is 17.5. The van der Waals surface area contributed by atoms with Gasteiger partial charge in [-0.15, -0.1) is 24.0 Å². The minimum atomic E-state index is -0.205. The summed E-state index contributed by atoms with van der Waals surface area (Å²) in [5, 5.41) is 9.47. The molecule has 3 rings (SSSR count). The third kappa shape index (κ3) is 6.97. The highest BCUT2D eigenvalue weighted by Gasteiger charge is 2.22. The summed E-state index contributed by atoms with van der Waals surface area (Å²) in [4.78, 5) is 16.5. The molecule has 5 nitrogen and oxygen atoms in total. The molecule has 0 saturated heterocycles. The Balaban J connectivity index is 0.00000320. The summed E-state index contributed by atoms with van der Waals surface area (Å²) in [6.45, 7) is 2.79. The van der Waals surface area contributed by atoms with Gasteiger partial charge in [0.15, 0.2) is 5.96 Å². The predicted molar refractivity (Wildman–Crippen MR) is 131 cm³/mol. The lowest BCUT2D eigenvalue weighted by Gasteiger charge is -2.14. The average Bonchev–Trinajstić information content (AvgIpc) is 3.26. The summed E-state index contributed by atoms with van der Waals surface area (Å²) in [6, 6.07) is 13.0. The van der Waals surface area contributed by atoms with Crippen LogP contribution in [0.1, 0.15) is 42.4 Å². The SMILES string of the molecule is CN=C(NCc1cccc(NC(=O)C2CCCC2)c1)NCc1ccc(C)c(F)c1.I. The summed E-state index contributed by atoms with van der Waals surface area (Å²) in [7, 11) is 1.70. The number of benzene rings is 2. The van der Waals surface area contributed by atoms with E-state index in [4.69, 9.17) is 0 Å². The van der Waals surface area contributed by atoms with E-state index in [9.17, 15) is 9.18 Å². The van der Waals surface area contributed by atoms with Gasteiger partial charge in [0.05, 0.1) is 0 Å². The summed E-state index contributed by atoms with van der Waals surface area (Å²) in [5.74, 6) is 0.692. The number of carbonyl (C=O) groups is 1. The monoisotopic (exact) mass is 524 g/mol. The van der Waals surface area contributed by atoms with E-state index < -0.39 is 0 Å². The lowest BCUT2D eigenvalue weighted by molar-refractivity contribution is -0.119. The summed E-state index contributed by atoms with van der Waals surface area (Å²) in [6.07, 6.45) is 4.26. The number of nitrogens with one attached hydrogen (secondary N) is 3. The normalized spacial score (nSPS) is 14.2. The molecule has 2 aromatic carbocycles. The zero-order chi connectivity index (χ0) is 20.6. The van der Waals surface area contributed by atoms with Crippen LogP contribution in [0.3, 0.4) is 0 Å². The van der Waals surface area contributed by atoms with Gasteiger partial charge in [-0.1, -0.05) is 37.1 Å². The Morgan fingerprint density at radius 1 is 1.07 bits per heavy atom. The van der Waals surface area contributed by atoms with Gasteiger partial charge in [0, 0.05) is 31.7 Å². The van der Waals surface area contributed by atoms with Crippen LogP contribution in [0, 0.1) is 18.7 Å². The second-order valence-corrected chi connectivity index (χ2v) is 7.53. The molecular weight excluding hydrogens is 494 g/mol. The van der Waals surface area contributed by atoms with E-state index >= 15 is 0 Å². The Hall–Kier alpha value is -2.16. The fourth-order valence-electron chi connectivity index (χ4n) is 3.53. The van der Waals surface area contributed by atoms with Crippen LogP contribution in [0.4, 0.5) is 10.1 Å². The molecule has 0 aliphatic heterocycles. The van der Waals surface area contributed by atoms with Gasteiger partial charge < -0.3 is 16.0 Å². The Kier molecular flexibility index (Phi) is 9.55. The molecule has 7 heteroatoms. The molecule has 1 aliphatic carbocycles. The molecule has 1 aliphatic rings. The molecule has 1 saturated carbocycles. The second kappa shape index (κ2) is 11.9. The first-order valence-corrected chi connectivity index (χ1v) is 10.1. The van der Waals surface area contributed by atoms with Crippen molar-refractivity contribution in [3.05, 3.63) is 65.0 Å². The van der Waals surface area contributed by atoms with Crippen LogP contribution in [0.15, 0.2) is 47.5 Å². The highest BCUT2D eigenvalue weighted by molar-refractivity contribution is 14.0. The van der Waals surface area contributed by atoms with Crippen LogP contribution in [0.5, 0.6) is 0 Å². The number of hydrogen-bond donors (Lipinski definition) is 3. The molecule has 0 aromatic heterocycles. The molecule has 162 valence electrons. The van der Waals surface area contributed by atoms with Crippen LogP contribution in [0.25, 0.3) is 0 Å². The zero-order valence-corrected chi connectivity index (χ0v) is 19.8. The topological polar surface area (TPSA) is 65.5 Å². The van der Waals surface area contributed by atoms with Crippen molar-refractivity contribution in [2.45, 2.75) is 45.7 Å². The third-order valence-corrected chi connectivity index (χ3v) is 5.30. The first-order chi connectivity index (χ1) is 14.0. The van der Waals surface area contributed by atoms with Crippen molar-refractivity contribution in [3.8, 4) is 0 Å². The fourth-order valence-corrected chi connectivity index (χ4v) is 3.53. The van der Waals surface area contributed by atoms with Gasteiger partial charge in [-0.05, 0) is 54.7 Å². The Labute approximate surface area is 195 Å². The van der Waals surface area contributed by atoms with Crippen molar-refractivity contribution in [2.24, 2.45) is 10.9 Å². The van der Waals surface area contributed by atoms with Crippen LogP contribution in [-0.2, 0) is 17.9 Å². The highest BCUT2D eigenvalue weighted by atomic mass is 127. The smallest absolute Gasteiger partial charge is 0.227 e. The molecule has 30 heavy (non-hydrogen) atoms. The van der Waals surface area contributed by atoms with Gasteiger partial charge >= 0.3 is 0 Å². The number of anilines is 1. The van der Waals surface area contributed by atoms with Crippen molar-refractivity contribution in [1.82, 2.24) is 10.6 Å². The number of halogens is 2. The fraction of sp³-hybridized carbons (Fsp3) is 0.391. The second-order valence-electron chi connectivity index (χ2n) is 7.53. The molecule has 0 atom stereocenters. The number of amides is 1. The quantitative estimate of drug-likeness (QED) is 0.291. The Morgan fingerprint density at radius 2 is 1.73 bits per heavy atom. The first kappa shape index (κ1) is 24.1. The molecule has 3 N–H and O–H groups in total. The number of aliphatic imine (C=N–C) groups is 1. The lowest BCUT2D eigenvalue weighted by Crippen LogP contribution is -2.36. The maximum atomic E-state index is 13.7. The highest BCUT2D eigenvalue weighted by Crippen LogP contribution is 2.26. The van der Waals surface area contributed by atoms with Gasteiger partial charge in [-0.25, -0.2) is 4.39 Å². The van der Waals surface area contributed by atoms with E-state index in [1.54, 1.807) is 20.0 Å². The predicted octanol–water partition coefficient (Wildman–Crippen LogP) is 4.75. The lowest BCUT2D eigenvalue weighted by atomic mass is 10.1. The van der Waals surface area contributed by atoms with Crippen LogP contribution in [0.2, 0.25) is 0 Å². The molecule has 2 aromatic rings. The van der Waals surface area contributed by atoms with Gasteiger partial charge in [0.25, 0.3) is 0 Å². The van der Waals surface area contributed by atoms with Gasteiger partial charge in [0.1, 0.15) is 5.82 Å². The number of carbonyl (C=O) groups excluding carboxylic acids is 1. The van der Waals surface area contributed by atoms with Crippen LogP contribution < -0.4 is 16.0 Å². The number of rotatable bonds is 6. The molecule has 1 amide bonds. The number of guanidine groups is 1. The largest absolute Gasteiger partial charge is 0.352 e. The van der Waals surface area contributed by atoms with Crippen molar-refractivity contribution in [2.75, 3.05) is 12.4 Å². The van der Waals surface area contributed by atoms with Gasteiger partial charge in [-0.2, -0.15) is 0 Å². The molecular formula is C23H30FIN4O. The van der Waals surface area contributed by atoms with E-state index in [-0.39, 0.29) is 41.6 Å². The maximum Gasteiger partial charge on any atom is 0.227 e. The number of hydrogen-bond acceptors (Lipinski definition) is 2. The minimum Gasteiger partial charge on any atom is -0.352 e. The number of nitrogens with zero attached hydrogens (tertiary/aromatic N) is 1. The van der Waals surface area contributed by atoms with E-state index in [0.717, 1.165) is 42.5 Å². The minimum absolute atomic E-state index is 0.